The number of amides is 2. The van der Waals surface area contributed by atoms with E-state index in [1.807, 2.05) is 31.2 Å². The lowest BCUT2D eigenvalue weighted by Crippen LogP contribution is -2.47. The zero-order valence-electron chi connectivity index (χ0n) is 12.3. The van der Waals surface area contributed by atoms with Gasteiger partial charge in [0, 0.05) is 22.0 Å². The van der Waals surface area contributed by atoms with Gasteiger partial charge in [-0.05, 0) is 37.3 Å². The van der Waals surface area contributed by atoms with Gasteiger partial charge in [-0.2, -0.15) is 0 Å². The van der Waals surface area contributed by atoms with Crippen LogP contribution >= 0.6 is 23.4 Å². The van der Waals surface area contributed by atoms with Gasteiger partial charge in [-0.1, -0.05) is 29.3 Å². The van der Waals surface area contributed by atoms with E-state index in [1.54, 1.807) is 23.1 Å². The van der Waals surface area contributed by atoms with Crippen LogP contribution in [0.5, 0.6) is 0 Å². The number of nitrogens with one attached hydrogen (secondary N) is 1. The molecule has 0 bridgehead atoms. The van der Waals surface area contributed by atoms with Crippen molar-refractivity contribution in [3.63, 3.8) is 0 Å². The predicted octanol–water partition coefficient (Wildman–Crippen LogP) is 3.53. The summed E-state index contributed by atoms with van der Waals surface area (Å²) in [5, 5.41) is 3.42. The molecule has 0 aliphatic carbocycles. The molecule has 4 rings (SSSR count). The van der Waals surface area contributed by atoms with Crippen LogP contribution in [0, 0.1) is 6.92 Å². The predicted molar refractivity (Wildman–Crippen MR) is 92.9 cm³/mol. The van der Waals surface area contributed by atoms with Crippen molar-refractivity contribution < 1.29 is 9.59 Å². The summed E-state index contributed by atoms with van der Waals surface area (Å²) in [6.07, 6.45) is 0. The van der Waals surface area contributed by atoms with Gasteiger partial charge < -0.3 is 5.32 Å². The third-order valence-corrected chi connectivity index (χ3v) is 5.80. The maximum atomic E-state index is 12.8. The normalized spacial score (nSPS) is 22.6. The second-order valence-corrected chi connectivity index (χ2v) is 7.25. The van der Waals surface area contributed by atoms with Crippen molar-refractivity contribution in [2.24, 2.45) is 0 Å². The maximum Gasteiger partial charge on any atom is 0.266 e. The van der Waals surface area contributed by atoms with Gasteiger partial charge in [0.1, 0.15) is 0 Å². The van der Waals surface area contributed by atoms with Crippen molar-refractivity contribution in [2.45, 2.75) is 11.8 Å². The summed E-state index contributed by atoms with van der Waals surface area (Å²) in [6.45, 7) is 1.98. The van der Waals surface area contributed by atoms with E-state index in [9.17, 15) is 9.59 Å². The number of nitrogens with zero attached hydrogens (tertiary/aromatic N) is 1. The highest BCUT2D eigenvalue weighted by Gasteiger charge is 2.58. The third-order valence-electron chi connectivity index (χ3n) is 4.16. The Hall–Kier alpha value is -1.98. The van der Waals surface area contributed by atoms with Crippen molar-refractivity contribution in [1.29, 1.82) is 0 Å². The fourth-order valence-corrected chi connectivity index (χ4v) is 4.57. The zero-order valence-corrected chi connectivity index (χ0v) is 13.9. The number of aryl methyl sites for hydroxylation is 1. The Kier molecular flexibility index (Phi) is 3.18. The topological polar surface area (TPSA) is 49.4 Å². The van der Waals surface area contributed by atoms with Crippen LogP contribution in [0.25, 0.3) is 0 Å². The molecule has 2 heterocycles. The molecule has 6 heteroatoms. The Morgan fingerprint density at radius 3 is 2.65 bits per heavy atom. The molecule has 1 fully saturated rings. The summed E-state index contributed by atoms with van der Waals surface area (Å²) in [7, 11) is 0. The number of hydrogen-bond donors (Lipinski definition) is 1. The number of carbonyl (C=O) groups is 2. The first kappa shape index (κ1) is 14.6. The standard InChI is InChI=1S/C17H13ClN2O2S/c1-10-2-5-12(6-3-10)20-15(21)9-23-17(20)13-8-11(18)4-7-14(13)19-16(17)22/h2-8H,9H2,1H3,(H,19,22). The second-order valence-electron chi connectivity index (χ2n) is 5.64. The van der Waals surface area contributed by atoms with Crippen LogP contribution in [0.3, 0.4) is 0 Å². The zero-order chi connectivity index (χ0) is 16.2. The monoisotopic (exact) mass is 344 g/mol. The Morgan fingerprint density at radius 2 is 1.91 bits per heavy atom. The molecule has 0 saturated carbocycles. The van der Waals surface area contributed by atoms with Crippen molar-refractivity contribution in [2.75, 3.05) is 16.0 Å². The maximum absolute atomic E-state index is 12.8. The quantitative estimate of drug-likeness (QED) is 0.861. The average molecular weight is 345 g/mol. The van der Waals surface area contributed by atoms with Crippen molar-refractivity contribution >= 4 is 46.6 Å². The van der Waals surface area contributed by atoms with Crippen LogP contribution in [-0.2, 0) is 14.5 Å². The number of rotatable bonds is 1. The molecular weight excluding hydrogens is 332 g/mol. The highest BCUT2D eigenvalue weighted by atomic mass is 35.5. The SMILES string of the molecule is Cc1ccc(N2C(=O)CSC23C(=O)Nc2ccc(Cl)cc23)cc1. The van der Waals surface area contributed by atoms with Crippen LogP contribution < -0.4 is 10.2 Å². The molecular formula is C17H13ClN2O2S. The fraction of sp³-hybridized carbons (Fsp3) is 0.176. The molecule has 1 unspecified atom stereocenters. The lowest BCUT2D eigenvalue weighted by molar-refractivity contribution is -0.122. The van der Waals surface area contributed by atoms with Crippen molar-refractivity contribution in [1.82, 2.24) is 0 Å². The summed E-state index contributed by atoms with van der Waals surface area (Å²) in [5.41, 5.74) is 3.26. The number of benzene rings is 2. The van der Waals surface area contributed by atoms with Gasteiger partial charge >= 0.3 is 0 Å². The first-order valence-electron chi connectivity index (χ1n) is 7.17. The van der Waals surface area contributed by atoms with Crippen LogP contribution in [0.15, 0.2) is 42.5 Å². The van der Waals surface area contributed by atoms with E-state index in [-0.39, 0.29) is 17.6 Å². The molecule has 0 radical (unpaired) electrons. The Bertz CT molecular complexity index is 837. The highest BCUT2D eigenvalue weighted by Crippen LogP contribution is 2.54. The van der Waals surface area contributed by atoms with Crippen LogP contribution in [0.1, 0.15) is 11.1 Å². The van der Waals surface area contributed by atoms with Crippen LogP contribution in [-0.4, -0.2) is 17.6 Å². The summed E-state index contributed by atoms with van der Waals surface area (Å²) in [6, 6.07) is 12.9. The van der Waals surface area contributed by atoms with Gasteiger partial charge in [0.05, 0.1) is 5.75 Å². The summed E-state index contributed by atoms with van der Waals surface area (Å²) in [4.78, 5) is 25.9. The van der Waals surface area contributed by atoms with Gasteiger partial charge in [-0.15, -0.1) is 11.8 Å². The molecule has 1 atom stereocenters. The lowest BCUT2D eigenvalue weighted by Gasteiger charge is -2.32. The summed E-state index contributed by atoms with van der Waals surface area (Å²) >= 11 is 7.46. The lowest BCUT2D eigenvalue weighted by atomic mass is 10.0. The minimum Gasteiger partial charge on any atom is -0.323 e. The molecule has 1 spiro atoms. The molecule has 1 N–H and O–H groups in total. The third kappa shape index (κ3) is 2.00. The Morgan fingerprint density at radius 1 is 1.17 bits per heavy atom. The molecule has 4 nitrogen and oxygen atoms in total. The van der Waals surface area contributed by atoms with E-state index in [0.29, 0.717) is 16.4 Å². The summed E-state index contributed by atoms with van der Waals surface area (Å²) in [5.74, 6) is -0.0270. The average Bonchev–Trinajstić information content (AvgIpc) is 3.01. The van der Waals surface area contributed by atoms with Gasteiger partial charge in [-0.3, -0.25) is 14.5 Å². The van der Waals surface area contributed by atoms with Crippen LogP contribution in [0.4, 0.5) is 11.4 Å². The molecule has 23 heavy (non-hydrogen) atoms. The number of anilines is 2. The van der Waals surface area contributed by atoms with Crippen molar-refractivity contribution in [3.05, 3.63) is 58.6 Å². The van der Waals surface area contributed by atoms with Gasteiger partial charge in [0.2, 0.25) is 10.8 Å². The molecule has 2 aromatic rings. The van der Waals surface area contributed by atoms with E-state index >= 15 is 0 Å². The molecule has 2 aliphatic heterocycles. The van der Waals surface area contributed by atoms with E-state index in [0.717, 1.165) is 11.1 Å². The van der Waals surface area contributed by atoms with E-state index in [2.05, 4.69) is 5.32 Å². The fourth-order valence-electron chi connectivity index (χ4n) is 3.09. The van der Waals surface area contributed by atoms with Gasteiger partial charge in [-0.25, -0.2) is 0 Å². The Labute approximate surface area is 142 Å². The first-order valence-corrected chi connectivity index (χ1v) is 8.54. The van der Waals surface area contributed by atoms with E-state index < -0.39 is 4.87 Å². The van der Waals surface area contributed by atoms with Crippen LogP contribution in [0.2, 0.25) is 5.02 Å². The smallest absolute Gasteiger partial charge is 0.266 e. The number of fused-ring (bicyclic) bond motifs is 2. The van der Waals surface area contributed by atoms with Gasteiger partial charge in [0.25, 0.3) is 5.91 Å². The number of thioether (sulfide) groups is 1. The molecule has 2 amide bonds. The van der Waals surface area contributed by atoms with E-state index in [4.69, 9.17) is 11.6 Å². The minimum absolute atomic E-state index is 0.0816. The van der Waals surface area contributed by atoms with E-state index in [1.165, 1.54) is 11.8 Å². The number of carbonyl (C=O) groups excluding carboxylic acids is 2. The molecule has 1 saturated heterocycles. The molecule has 2 aliphatic rings. The summed E-state index contributed by atoms with van der Waals surface area (Å²) < 4.78 is 0. The molecule has 0 aromatic heterocycles. The Balaban J connectivity index is 1.93. The van der Waals surface area contributed by atoms with Gasteiger partial charge in [0.15, 0.2) is 0 Å². The van der Waals surface area contributed by atoms with Crippen molar-refractivity contribution in [3.8, 4) is 0 Å². The molecule has 2 aromatic carbocycles. The minimum atomic E-state index is -1.08. The first-order chi connectivity index (χ1) is 11.0. The largest absolute Gasteiger partial charge is 0.323 e. The number of halogens is 1. The molecule has 116 valence electrons. The number of hydrogen-bond acceptors (Lipinski definition) is 3. The second kappa shape index (κ2) is 5.01. The highest BCUT2D eigenvalue weighted by molar-refractivity contribution is 8.02.